The van der Waals surface area contributed by atoms with E-state index in [4.69, 9.17) is 4.42 Å². The summed E-state index contributed by atoms with van der Waals surface area (Å²) in [7, 11) is 0. The Morgan fingerprint density at radius 3 is 2.76 bits per heavy atom. The number of aromatic amines is 1. The minimum atomic E-state index is -0.207. The first-order chi connectivity index (χ1) is 12.0. The Hall–Kier alpha value is -2.44. The quantitative estimate of drug-likeness (QED) is 0.924. The zero-order valence-corrected chi connectivity index (χ0v) is 14.5. The van der Waals surface area contributed by atoms with Gasteiger partial charge in [0.1, 0.15) is 0 Å². The van der Waals surface area contributed by atoms with Gasteiger partial charge >= 0.3 is 0 Å². The molecule has 0 aromatic carbocycles. The summed E-state index contributed by atoms with van der Waals surface area (Å²) in [6, 6.07) is 3.19. The molecule has 0 radical (unpaired) electrons. The van der Waals surface area contributed by atoms with Crippen molar-refractivity contribution in [1.82, 2.24) is 20.1 Å². The lowest BCUT2D eigenvalue weighted by molar-refractivity contribution is 0.0582. The molecule has 7 heteroatoms. The first-order valence-electron chi connectivity index (χ1n) is 8.88. The molecule has 1 N–H and O–H groups in total. The molecule has 1 aliphatic heterocycles. The fourth-order valence-corrected chi connectivity index (χ4v) is 3.69. The summed E-state index contributed by atoms with van der Waals surface area (Å²) in [5, 5.41) is 8.04. The monoisotopic (exact) mass is 342 g/mol. The number of rotatable bonds is 3. The van der Waals surface area contributed by atoms with Crippen LogP contribution < -0.4 is 5.56 Å². The predicted molar refractivity (Wildman–Crippen MR) is 90.5 cm³/mol. The predicted octanol–water partition coefficient (Wildman–Crippen LogP) is 2.35. The molecule has 1 saturated carbocycles. The van der Waals surface area contributed by atoms with E-state index in [1.54, 1.807) is 6.92 Å². The lowest BCUT2D eigenvalue weighted by Gasteiger charge is -2.38. The molecule has 0 unspecified atom stereocenters. The van der Waals surface area contributed by atoms with Crippen molar-refractivity contribution < 1.29 is 9.21 Å². The van der Waals surface area contributed by atoms with E-state index in [1.807, 2.05) is 17.9 Å². The molecule has 2 fully saturated rings. The standard InChI is InChI=1S/C18H22N4O3/c1-10-14(17-21-20-11(2)25-17)4-3-7-22(10)18(24)13-8-15(12-5-6-12)19-16(23)9-13/h8-10,12,14H,3-7H2,1-2H3,(H,19,23)/t10-,14-/m0/s1. The van der Waals surface area contributed by atoms with Crippen LogP contribution in [0.3, 0.4) is 0 Å². The first-order valence-corrected chi connectivity index (χ1v) is 8.88. The van der Waals surface area contributed by atoms with Crippen LogP contribution in [0.15, 0.2) is 21.3 Å². The fraction of sp³-hybridized carbons (Fsp3) is 0.556. The summed E-state index contributed by atoms with van der Waals surface area (Å²) < 4.78 is 5.59. The lowest BCUT2D eigenvalue weighted by atomic mass is 9.89. The van der Waals surface area contributed by atoms with Crippen LogP contribution in [-0.2, 0) is 0 Å². The molecule has 1 saturated heterocycles. The highest BCUT2D eigenvalue weighted by Gasteiger charge is 2.36. The van der Waals surface area contributed by atoms with Gasteiger partial charge in [-0.2, -0.15) is 0 Å². The van der Waals surface area contributed by atoms with Gasteiger partial charge < -0.3 is 14.3 Å². The minimum absolute atomic E-state index is 0.0313. The molecule has 0 bridgehead atoms. The molecule has 4 rings (SSSR count). The normalized spacial score (nSPS) is 23.7. The molecule has 0 spiro atoms. The zero-order chi connectivity index (χ0) is 17.6. The summed E-state index contributed by atoms with van der Waals surface area (Å²) in [5.74, 6) is 1.46. The van der Waals surface area contributed by atoms with E-state index in [0.29, 0.717) is 29.8 Å². The number of carbonyl (C=O) groups excluding carboxylic acids is 1. The number of nitrogens with zero attached hydrogens (tertiary/aromatic N) is 3. The minimum Gasteiger partial charge on any atom is -0.425 e. The van der Waals surface area contributed by atoms with E-state index in [0.717, 1.165) is 31.4 Å². The van der Waals surface area contributed by atoms with E-state index in [1.165, 1.54) is 6.07 Å². The molecule has 2 atom stereocenters. The highest BCUT2D eigenvalue weighted by atomic mass is 16.4. The van der Waals surface area contributed by atoms with E-state index < -0.39 is 0 Å². The molecule has 2 aromatic rings. The number of H-pyrrole nitrogens is 1. The maximum Gasteiger partial charge on any atom is 0.254 e. The van der Waals surface area contributed by atoms with E-state index >= 15 is 0 Å². The van der Waals surface area contributed by atoms with Gasteiger partial charge in [-0.3, -0.25) is 9.59 Å². The van der Waals surface area contributed by atoms with Gasteiger partial charge in [-0.05, 0) is 44.6 Å². The third kappa shape index (κ3) is 3.10. The second kappa shape index (κ2) is 6.13. The molecule has 3 heterocycles. The first kappa shape index (κ1) is 16.1. The molecule has 132 valence electrons. The van der Waals surface area contributed by atoms with Crippen LogP contribution in [0.2, 0.25) is 0 Å². The van der Waals surface area contributed by atoms with Crippen LogP contribution in [0.1, 0.15) is 72.3 Å². The molecule has 7 nitrogen and oxygen atoms in total. The van der Waals surface area contributed by atoms with Crippen molar-refractivity contribution in [1.29, 1.82) is 0 Å². The Labute approximate surface area is 145 Å². The van der Waals surface area contributed by atoms with Crippen molar-refractivity contribution in [2.24, 2.45) is 0 Å². The van der Waals surface area contributed by atoms with Crippen LogP contribution in [0.4, 0.5) is 0 Å². The average Bonchev–Trinajstić information content (AvgIpc) is 3.36. The van der Waals surface area contributed by atoms with Gasteiger partial charge in [0.25, 0.3) is 5.91 Å². The third-order valence-electron chi connectivity index (χ3n) is 5.24. The maximum atomic E-state index is 13.0. The lowest BCUT2D eigenvalue weighted by Crippen LogP contribution is -2.46. The second-order valence-corrected chi connectivity index (χ2v) is 7.11. The summed E-state index contributed by atoms with van der Waals surface area (Å²) in [6.45, 7) is 4.45. The Kier molecular flexibility index (Phi) is 3.94. The van der Waals surface area contributed by atoms with Gasteiger partial charge in [0, 0.05) is 36.8 Å². The van der Waals surface area contributed by atoms with Crippen molar-refractivity contribution in [3.63, 3.8) is 0 Å². The molecular weight excluding hydrogens is 320 g/mol. The van der Waals surface area contributed by atoms with Crippen LogP contribution in [0, 0.1) is 6.92 Å². The molecular formula is C18H22N4O3. The molecule has 1 amide bonds. The number of hydrogen-bond donors (Lipinski definition) is 1. The van der Waals surface area contributed by atoms with Crippen molar-refractivity contribution >= 4 is 5.91 Å². The van der Waals surface area contributed by atoms with Gasteiger partial charge in [0.05, 0.1) is 5.92 Å². The van der Waals surface area contributed by atoms with E-state index in [9.17, 15) is 9.59 Å². The van der Waals surface area contributed by atoms with E-state index in [2.05, 4.69) is 15.2 Å². The number of aromatic nitrogens is 3. The van der Waals surface area contributed by atoms with Crippen LogP contribution in [-0.4, -0.2) is 38.6 Å². The van der Waals surface area contributed by atoms with E-state index in [-0.39, 0.29) is 23.4 Å². The summed E-state index contributed by atoms with van der Waals surface area (Å²) in [5.41, 5.74) is 1.14. The van der Waals surface area contributed by atoms with Gasteiger partial charge in [-0.25, -0.2) is 0 Å². The number of nitrogens with one attached hydrogen (secondary N) is 1. The highest BCUT2D eigenvalue weighted by Crippen LogP contribution is 2.39. The largest absolute Gasteiger partial charge is 0.425 e. The number of amides is 1. The number of aryl methyl sites for hydroxylation is 1. The Morgan fingerprint density at radius 1 is 1.28 bits per heavy atom. The number of hydrogen-bond acceptors (Lipinski definition) is 5. The van der Waals surface area contributed by atoms with Crippen molar-refractivity contribution in [2.45, 2.75) is 57.4 Å². The van der Waals surface area contributed by atoms with Gasteiger partial charge in [0.15, 0.2) is 0 Å². The van der Waals surface area contributed by atoms with Gasteiger partial charge in [-0.1, -0.05) is 0 Å². The smallest absolute Gasteiger partial charge is 0.254 e. The summed E-state index contributed by atoms with van der Waals surface area (Å²) >= 11 is 0. The van der Waals surface area contributed by atoms with Crippen LogP contribution in [0.25, 0.3) is 0 Å². The number of likely N-dealkylation sites (tertiary alicyclic amines) is 1. The van der Waals surface area contributed by atoms with Crippen LogP contribution in [0.5, 0.6) is 0 Å². The van der Waals surface area contributed by atoms with Crippen molar-refractivity contribution in [2.75, 3.05) is 6.54 Å². The Balaban J connectivity index is 1.60. The SMILES string of the molecule is Cc1nnc([C@H]2CCCN(C(=O)c3cc(C4CC4)[nH]c(=O)c3)[C@H]2C)o1. The second-order valence-electron chi connectivity index (χ2n) is 7.11. The molecule has 1 aliphatic carbocycles. The third-order valence-corrected chi connectivity index (χ3v) is 5.24. The molecule has 2 aliphatic rings. The van der Waals surface area contributed by atoms with Crippen LogP contribution >= 0.6 is 0 Å². The van der Waals surface area contributed by atoms with Gasteiger partial charge in [-0.15, -0.1) is 10.2 Å². The highest BCUT2D eigenvalue weighted by molar-refractivity contribution is 5.94. The summed E-state index contributed by atoms with van der Waals surface area (Å²) in [4.78, 5) is 29.7. The Morgan fingerprint density at radius 2 is 2.08 bits per heavy atom. The number of carbonyl (C=O) groups is 1. The topological polar surface area (TPSA) is 92.1 Å². The van der Waals surface area contributed by atoms with Crippen molar-refractivity contribution in [3.05, 3.63) is 45.5 Å². The molecule has 2 aromatic heterocycles. The number of piperidine rings is 1. The fourth-order valence-electron chi connectivity index (χ4n) is 3.69. The van der Waals surface area contributed by atoms with Gasteiger partial charge in [0.2, 0.25) is 17.3 Å². The zero-order valence-electron chi connectivity index (χ0n) is 14.5. The molecule has 25 heavy (non-hydrogen) atoms. The van der Waals surface area contributed by atoms with Crippen molar-refractivity contribution in [3.8, 4) is 0 Å². The average molecular weight is 342 g/mol. The Bertz CT molecular complexity index is 852. The number of pyridine rings is 1. The maximum absolute atomic E-state index is 13.0. The summed E-state index contributed by atoms with van der Waals surface area (Å²) in [6.07, 6.45) is 3.94.